The molecular weight excluding hydrogens is 216 g/mol. The molecule has 0 unspecified atom stereocenters. The Balaban J connectivity index is 2.21. The number of aliphatic hydroxyl groups is 1. The van der Waals surface area contributed by atoms with Crippen molar-refractivity contribution in [1.82, 2.24) is 4.90 Å². The Hall–Kier alpha value is -0.610. The second kappa shape index (κ2) is 7.67. The van der Waals surface area contributed by atoms with E-state index in [1.165, 1.54) is 0 Å². The summed E-state index contributed by atoms with van der Waals surface area (Å²) in [5, 5.41) is 8.68. The number of carbonyl (C=O) groups excluding carboxylic acids is 1. The molecule has 0 radical (unpaired) electrons. The van der Waals surface area contributed by atoms with Crippen LogP contribution in [0.5, 0.6) is 0 Å². The summed E-state index contributed by atoms with van der Waals surface area (Å²) in [6, 6.07) is 0.300. The van der Waals surface area contributed by atoms with Gasteiger partial charge < -0.3 is 15.7 Å². The van der Waals surface area contributed by atoms with Gasteiger partial charge in [0.1, 0.15) is 0 Å². The average molecular weight is 242 g/mol. The molecule has 0 aromatic rings. The minimum atomic E-state index is 0.192. The quantitative estimate of drug-likeness (QED) is 0.686. The van der Waals surface area contributed by atoms with E-state index in [0.29, 0.717) is 6.04 Å². The molecule has 0 spiro atoms. The second-order valence-corrected chi connectivity index (χ2v) is 5.16. The summed E-state index contributed by atoms with van der Waals surface area (Å²) in [6.45, 7) is 1.06. The fraction of sp³-hybridized carbons (Fsp3) is 0.923. The van der Waals surface area contributed by atoms with Crippen LogP contribution >= 0.6 is 0 Å². The van der Waals surface area contributed by atoms with Gasteiger partial charge in [-0.25, -0.2) is 0 Å². The normalized spacial score (nSPS) is 24.6. The maximum atomic E-state index is 12.1. The third-order valence-electron chi connectivity index (χ3n) is 3.65. The first kappa shape index (κ1) is 14.5. The Morgan fingerprint density at radius 2 is 1.88 bits per heavy atom. The Labute approximate surface area is 104 Å². The highest BCUT2D eigenvalue weighted by molar-refractivity contribution is 5.78. The van der Waals surface area contributed by atoms with E-state index in [4.69, 9.17) is 10.8 Å². The molecule has 1 amide bonds. The molecule has 0 atom stereocenters. The largest absolute Gasteiger partial charge is 0.396 e. The van der Waals surface area contributed by atoms with E-state index in [9.17, 15) is 4.79 Å². The van der Waals surface area contributed by atoms with E-state index in [1.54, 1.807) is 0 Å². The summed E-state index contributed by atoms with van der Waals surface area (Å²) in [4.78, 5) is 14.0. The average Bonchev–Trinajstić information content (AvgIpc) is 2.34. The summed E-state index contributed by atoms with van der Waals surface area (Å²) in [5.41, 5.74) is 5.84. The van der Waals surface area contributed by atoms with Crippen molar-refractivity contribution < 1.29 is 9.90 Å². The number of hydrogen-bond donors (Lipinski definition) is 2. The molecule has 17 heavy (non-hydrogen) atoms. The lowest BCUT2D eigenvalue weighted by atomic mass is 9.85. The molecule has 0 aromatic carbocycles. The van der Waals surface area contributed by atoms with Crippen LogP contribution in [0.2, 0.25) is 0 Å². The number of nitrogens with two attached hydrogens (primary N) is 1. The Kier molecular flexibility index (Phi) is 6.52. The van der Waals surface area contributed by atoms with Crippen LogP contribution in [-0.2, 0) is 4.79 Å². The van der Waals surface area contributed by atoms with E-state index in [-0.39, 0.29) is 18.4 Å². The lowest BCUT2D eigenvalue weighted by Crippen LogP contribution is -2.37. The molecule has 1 rings (SSSR count). The molecule has 0 aromatic heterocycles. The van der Waals surface area contributed by atoms with Crippen LogP contribution in [0.1, 0.15) is 44.9 Å². The van der Waals surface area contributed by atoms with E-state index >= 15 is 0 Å². The predicted molar refractivity (Wildman–Crippen MR) is 68.5 cm³/mol. The molecule has 1 aliphatic carbocycles. The van der Waals surface area contributed by atoms with Crippen molar-refractivity contribution in [3.8, 4) is 0 Å². The second-order valence-electron chi connectivity index (χ2n) is 5.16. The summed E-state index contributed by atoms with van der Waals surface area (Å²) in [7, 11) is 1.88. The molecule has 0 aliphatic heterocycles. The summed E-state index contributed by atoms with van der Waals surface area (Å²) in [6.07, 6.45) is 6.66. The van der Waals surface area contributed by atoms with Gasteiger partial charge in [-0.05, 0) is 44.9 Å². The number of hydrogen-bond acceptors (Lipinski definition) is 3. The molecule has 4 nitrogen and oxygen atoms in total. The molecule has 3 N–H and O–H groups in total. The molecule has 1 saturated carbocycles. The standard InChI is InChI=1S/C13H26N2O2/c1-15(9-3-2-4-10-16)13(17)11-5-7-12(14)8-6-11/h11-12,16H,2-10,14H2,1H3. The van der Waals surface area contributed by atoms with Crippen molar-refractivity contribution in [2.75, 3.05) is 20.2 Å². The Morgan fingerprint density at radius 1 is 1.24 bits per heavy atom. The van der Waals surface area contributed by atoms with Gasteiger partial charge in [0.25, 0.3) is 0 Å². The first-order chi connectivity index (χ1) is 8.15. The van der Waals surface area contributed by atoms with Crippen molar-refractivity contribution >= 4 is 5.91 Å². The molecule has 0 heterocycles. The Bertz CT molecular complexity index is 225. The van der Waals surface area contributed by atoms with Crippen molar-refractivity contribution in [1.29, 1.82) is 0 Å². The number of unbranched alkanes of at least 4 members (excludes halogenated alkanes) is 2. The monoisotopic (exact) mass is 242 g/mol. The van der Waals surface area contributed by atoms with Crippen molar-refractivity contribution in [2.45, 2.75) is 51.0 Å². The first-order valence-corrected chi connectivity index (χ1v) is 6.76. The number of rotatable bonds is 6. The van der Waals surface area contributed by atoms with Crippen LogP contribution in [0, 0.1) is 5.92 Å². The van der Waals surface area contributed by atoms with Crippen molar-refractivity contribution in [3.63, 3.8) is 0 Å². The predicted octanol–water partition coefficient (Wildman–Crippen LogP) is 1.12. The van der Waals surface area contributed by atoms with Gasteiger partial charge in [-0.1, -0.05) is 0 Å². The van der Waals surface area contributed by atoms with Crippen molar-refractivity contribution in [3.05, 3.63) is 0 Å². The zero-order chi connectivity index (χ0) is 12.7. The number of aliphatic hydroxyl groups excluding tert-OH is 1. The topological polar surface area (TPSA) is 66.6 Å². The van der Waals surface area contributed by atoms with E-state index in [2.05, 4.69) is 0 Å². The SMILES string of the molecule is CN(CCCCCO)C(=O)C1CCC(N)CC1. The minimum Gasteiger partial charge on any atom is -0.396 e. The van der Waals surface area contributed by atoms with Gasteiger partial charge in [-0.2, -0.15) is 0 Å². The van der Waals surface area contributed by atoms with E-state index in [1.807, 2.05) is 11.9 Å². The zero-order valence-corrected chi connectivity index (χ0v) is 10.9. The highest BCUT2D eigenvalue weighted by atomic mass is 16.2. The van der Waals surface area contributed by atoms with E-state index in [0.717, 1.165) is 51.5 Å². The van der Waals surface area contributed by atoms with Gasteiger partial charge in [-0.15, -0.1) is 0 Å². The lowest BCUT2D eigenvalue weighted by Gasteiger charge is -2.29. The third kappa shape index (κ3) is 5.04. The lowest BCUT2D eigenvalue weighted by molar-refractivity contribution is -0.135. The highest BCUT2D eigenvalue weighted by Gasteiger charge is 2.26. The summed E-state index contributed by atoms with van der Waals surface area (Å²) < 4.78 is 0. The van der Waals surface area contributed by atoms with Gasteiger partial charge in [0.05, 0.1) is 0 Å². The zero-order valence-electron chi connectivity index (χ0n) is 10.9. The third-order valence-corrected chi connectivity index (χ3v) is 3.65. The molecule has 0 saturated heterocycles. The number of amides is 1. The van der Waals surface area contributed by atoms with Crippen LogP contribution in [0.4, 0.5) is 0 Å². The highest BCUT2D eigenvalue weighted by Crippen LogP contribution is 2.24. The van der Waals surface area contributed by atoms with Gasteiger partial charge >= 0.3 is 0 Å². The molecule has 1 aliphatic rings. The summed E-state index contributed by atoms with van der Waals surface area (Å²) >= 11 is 0. The van der Waals surface area contributed by atoms with Crippen LogP contribution < -0.4 is 5.73 Å². The van der Waals surface area contributed by atoms with Gasteiger partial charge in [0, 0.05) is 32.2 Å². The van der Waals surface area contributed by atoms with Crippen LogP contribution in [0.15, 0.2) is 0 Å². The molecular formula is C13H26N2O2. The molecule has 4 heteroatoms. The summed E-state index contributed by atoms with van der Waals surface area (Å²) in [5.74, 6) is 0.471. The smallest absolute Gasteiger partial charge is 0.225 e. The van der Waals surface area contributed by atoms with Gasteiger partial charge in [0.2, 0.25) is 5.91 Å². The van der Waals surface area contributed by atoms with Gasteiger partial charge in [0.15, 0.2) is 0 Å². The maximum absolute atomic E-state index is 12.1. The Morgan fingerprint density at radius 3 is 2.47 bits per heavy atom. The molecule has 0 bridgehead atoms. The van der Waals surface area contributed by atoms with E-state index < -0.39 is 0 Å². The number of nitrogens with zero attached hydrogens (tertiary/aromatic N) is 1. The minimum absolute atomic E-state index is 0.192. The fourth-order valence-electron chi connectivity index (χ4n) is 2.43. The molecule has 1 fully saturated rings. The van der Waals surface area contributed by atoms with Gasteiger partial charge in [-0.3, -0.25) is 4.79 Å². The van der Waals surface area contributed by atoms with Crippen LogP contribution in [0.25, 0.3) is 0 Å². The first-order valence-electron chi connectivity index (χ1n) is 6.76. The molecule has 100 valence electrons. The van der Waals surface area contributed by atoms with Crippen molar-refractivity contribution in [2.24, 2.45) is 11.7 Å². The van der Waals surface area contributed by atoms with Crippen LogP contribution in [-0.4, -0.2) is 42.2 Å². The fourth-order valence-corrected chi connectivity index (χ4v) is 2.43. The maximum Gasteiger partial charge on any atom is 0.225 e. The number of carbonyl (C=O) groups is 1. The van der Waals surface area contributed by atoms with Crippen LogP contribution in [0.3, 0.4) is 0 Å².